The summed E-state index contributed by atoms with van der Waals surface area (Å²) in [5.41, 5.74) is 0. The van der Waals surface area contributed by atoms with Gasteiger partial charge in [0.25, 0.3) is 0 Å². The molecule has 0 aromatic carbocycles. The predicted molar refractivity (Wildman–Crippen MR) is 61.9 cm³/mol. The minimum absolute atomic E-state index is 0.0283. The molecule has 2 fully saturated rings. The molecule has 0 radical (unpaired) electrons. The molecule has 0 bridgehead atoms. The number of nitrogens with one attached hydrogen (secondary N) is 2. The van der Waals surface area contributed by atoms with E-state index in [9.17, 15) is 5.11 Å². The van der Waals surface area contributed by atoms with Crippen molar-refractivity contribution in [3.8, 4) is 0 Å². The summed E-state index contributed by atoms with van der Waals surface area (Å²) in [7, 11) is 0. The fourth-order valence-corrected chi connectivity index (χ4v) is 2.71. The average molecular weight is 212 g/mol. The molecule has 88 valence electrons. The molecule has 1 heterocycles. The lowest BCUT2D eigenvalue weighted by Crippen LogP contribution is -2.41. The predicted octanol–water partition coefficient (Wildman–Crippen LogP) is 0.879. The molecule has 1 unspecified atom stereocenters. The lowest BCUT2D eigenvalue weighted by atomic mass is 9.92. The largest absolute Gasteiger partial charge is 0.393 e. The van der Waals surface area contributed by atoms with E-state index in [2.05, 4.69) is 10.6 Å². The molecule has 2 rings (SSSR count). The van der Waals surface area contributed by atoms with E-state index in [1.807, 2.05) is 0 Å². The van der Waals surface area contributed by atoms with Crippen molar-refractivity contribution >= 4 is 0 Å². The molecule has 1 saturated carbocycles. The third-order valence-electron chi connectivity index (χ3n) is 3.79. The lowest BCUT2D eigenvalue weighted by Gasteiger charge is -2.29. The summed E-state index contributed by atoms with van der Waals surface area (Å²) in [5.74, 6) is 0.825. The maximum Gasteiger partial charge on any atom is 0.0541 e. The van der Waals surface area contributed by atoms with Gasteiger partial charge in [-0.15, -0.1) is 0 Å². The Morgan fingerprint density at radius 3 is 2.60 bits per heavy atom. The summed E-state index contributed by atoms with van der Waals surface area (Å²) in [5, 5.41) is 16.5. The molecule has 0 aromatic rings. The van der Waals surface area contributed by atoms with Gasteiger partial charge in [-0.2, -0.15) is 0 Å². The molecule has 0 amide bonds. The molecule has 1 saturated heterocycles. The first kappa shape index (κ1) is 11.4. The second-order valence-electron chi connectivity index (χ2n) is 5.13. The van der Waals surface area contributed by atoms with Crippen LogP contribution in [0.4, 0.5) is 0 Å². The molecular formula is C12H24N2O. The van der Waals surface area contributed by atoms with E-state index in [1.54, 1.807) is 0 Å². The van der Waals surface area contributed by atoms with E-state index in [0.717, 1.165) is 38.1 Å². The minimum Gasteiger partial charge on any atom is -0.393 e. The van der Waals surface area contributed by atoms with Crippen molar-refractivity contribution in [1.29, 1.82) is 0 Å². The highest BCUT2D eigenvalue weighted by Crippen LogP contribution is 2.19. The van der Waals surface area contributed by atoms with Gasteiger partial charge >= 0.3 is 0 Å². The topological polar surface area (TPSA) is 44.3 Å². The summed E-state index contributed by atoms with van der Waals surface area (Å²) >= 11 is 0. The summed E-state index contributed by atoms with van der Waals surface area (Å²) in [4.78, 5) is 0. The number of hydrogen-bond acceptors (Lipinski definition) is 3. The van der Waals surface area contributed by atoms with E-state index in [0.29, 0.717) is 6.04 Å². The maximum absolute atomic E-state index is 9.41. The van der Waals surface area contributed by atoms with E-state index in [4.69, 9.17) is 0 Å². The number of aliphatic hydroxyl groups excluding tert-OH is 1. The molecule has 3 heteroatoms. The summed E-state index contributed by atoms with van der Waals surface area (Å²) < 4.78 is 0. The van der Waals surface area contributed by atoms with Gasteiger partial charge in [0.1, 0.15) is 0 Å². The molecule has 2 aliphatic rings. The molecule has 1 aliphatic heterocycles. The van der Waals surface area contributed by atoms with Gasteiger partial charge in [-0.25, -0.2) is 0 Å². The van der Waals surface area contributed by atoms with Crippen LogP contribution in [0.1, 0.15) is 38.5 Å². The van der Waals surface area contributed by atoms with Crippen molar-refractivity contribution < 1.29 is 5.11 Å². The Labute approximate surface area is 92.6 Å². The Bertz CT molecular complexity index is 172. The van der Waals surface area contributed by atoms with Gasteiger partial charge in [0.15, 0.2) is 0 Å². The second-order valence-corrected chi connectivity index (χ2v) is 5.13. The van der Waals surface area contributed by atoms with Gasteiger partial charge in [-0.1, -0.05) is 0 Å². The molecule has 0 aromatic heterocycles. The first-order valence-corrected chi connectivity index (χ1v) is 6.47. The number of piperidine rings is 1. The first-order chi connectivity index (χ1) is 7.34. The molecule has 3 nitrogen and oxygen atoms in total. The highest BCUT2D eigenvalue weighted by Gasteiger charge is 2.20. The first-order valence-electron chi connectivity index (χ1n) is 6.47. The summed E-state index contributed by atoms with van der Waals surface area (Å²) in [6.07, 6.45) is 6.95. The van der Waals surface area contributed by atoms with Crippen LogP contribution in [0, 0.1) is 5.92 Å². The van der Waals surface area contributed by atoms with Crippen molar-refractivity contribution in [2.75, 3.05) is 19.6 Å². The number of hydrogen-bond donors (Lipinski definition) is 3. The molecule has 15 heavy (non-hydrogen) atoms. The van der Waals surface area contributed by atoms with Gasteiger partial charge in [0.2, 0.25) is 0 Å². The van der Waals surface area contributed by atoms with Crippen molar-refractivity contribution in [2.24, 2.45) is 5.92 Å². The van der Waals surface area contributed by atoms with E-state index >= 15 is 0 Å². The zero-order chi connectivity index (χ0) is 10.5. The van der Waals surface area contributed by atoms with Gasteiger partial charge < -0.3 is 15.7 Å². The number of aliphatic hydroxyl groups is 1. The van der Waals surface area contributed by atoms with Crippen LogP contribution in [0.5, 0.6) is 0 Å². The van der Waals surface area contributed by atoms with Crippen molar-refractivity contribution in [3.05, 3.63) is 0 Å². The normalized spacial score (nSPS) is 37.8. The van der Waals surface area contributed by atoms with Crippen LogP contribution in [0.2, 0.25) is 0 Å². The van der Waals surface area contributed by atoms with Crippen molar-refractivity contribution in [3.63, 3.8) is 0 Å². The van der Waals surface area contributed by atoms with Crippen LogP contribution in [0.15, 0.2) is 0 Å². The molecule has 0 spiro atoms. The molecule has 3 N–H and O–H groups in total. The lowest BCUT2D eigenvalue weighted by molar-refractivity contribution is 0.115. The SMILES string of the molecule is OC1CCC(NCC2CCCNC2)CC1. The smallest absolute Gasteiger partial charge is 0.0541 e. The summed E-state index contributed by atoms with van der Waals surface area (Å²) in [6, 6.07) is 0.662. The molecule has 1 aliphatic carbocycles. The second kappa shape index (κ2) is 5.83. The van der Waals surface area contributed by atoms with Crippen LogP contribution in [-0.4, -0.2) is 36.9 Å². The minimum atomic E-state index is -0.0283. The standard InChI is InChI=1S/C12H24N2O/c15-12-5-3-11(4-6-12)14-9-10-2-1-7-13-8-10/h10-15H,1-9H2. The fourth-order valence-electron chi connectivity index (χ4n) is 2.71. The van der Waals surface area contributed by atoms with Gasteiger partial charge in [-0.05, 0) is 64.1 Å². The van der Waals surface area contributed by atoms with Gasteiger partial charge in [0, 0.05) is 6.04 Å². The highest BCUT2D eigenvalue weighted by atomic mass is 16.3. The Balaban J connectivity index is 1.60. The van der Waals surface area contributed by atoms with Crippen LogP contribution in [0.3, 0.4) is 0 Å². The van der Waals surface area contributed by atoms with E-state index in [1.165, 1.54) is 25.9 Å². The van der Waals surface area contributed by atoms with Crippen molar-refractivity contribution in [1.82, 2.24) is 10.6 Å². The Hall–Kier alpha value is -0.120. The Morgan fingerprint density at radius 1 is 1.13 bits per heavy atom. The summed E-state index contributed by atoms with van der Waals surface area (Å²) in [6.45, 7) is 3.54. The van der Waals surface area contributed by atoms with Crippen LogP contribution < -0.4 is 10.6 Å². The zero-order valence-corrected chi connectivity index (χ0v) is 9.54. The van der Waals surface area contributed by atoms with Crippen LogP contribution >= 0.6 is 0 Å². The maximum atomic E-state index is 9.41. The average Bonchev–Trinajstić information content (AvgIpc) is 2.30. The van der Waals surface area contributed by atoms with Gasteiger partial charge in [0.05, 0.1) is 6.10 Å². The highest BCUT2D eigenvalue weighted by molar-refractivity contribution is 4.79. The zero-order valence-electron chi connectivity index (χ0n) is 9.54. The Morgan fingerprint density at radius 2 is 1.93 bits per heavy atom. The number of rotatable bonds is 3. The third-order valence-corrected chi connectivity index (χ3v) is 3.79. The Kier molecular flexibility index (Phi) is 4.42. The quantitative estimate of drug-likeness (QED) is 0.651. The van der Waals surface area contributed by atoms with Crippen LogP contribution in [0.25, 0.3) is 0 Å². The van der Waals surface area contributed by atoms with E-state index in [-0.39, 0.29) is 6.10 Å². The molecular weight excluding hydrogens is 188 g/mol. The monoisotopic (exact) mass is 212 g/mol. The fraction of sp³-hybridized carbons (Fsp3) is 1.00. The third kappa shape index (κ3) is 3.74. The van der Waals surface area contributed by atoms with E-state index < -0.39 is 0 Å². The van der Waals surface area contributed by atoms with Crippen molar-refractivity contribution in [2.45, 2.75) is 50.7 Å². The van der Waals surface area contributed by atoms with Crippen LogP contribution in [-0.2, 0) is 0 Å². The van der Waals surface area contributed by atoms with Gasteiger partial charge in [-0.3, -0.25) is 0 Å². The molecule has 1 atom stereocenters.